The second kappa shape index (κ2) is 12.0. The van der Waals surface area contributed by atoms with Crippen molar-refractivity contribution in [1.82, 2.24) is 4.90 Å². The van der Waals surface area contributed by atoms with Gasteiger partial charge in [0.2, 0.25) is 0 Å². The Morgan fingerprint density at radius 3 is 1.77 bits per heavy atom. The van der Waals surface area contributed by atoms with Crippen molar-refractivity contribution in [3.63, 3.8) is 0 Å². The Labute approximate surface area is 142 Å². The van der Waals surface area contributed by atoms with E-state index >= 15 is 0 Å². The van der Waals surface area contributed by atoms with E-state index < -0.39 is 0 Å². The Hall–Kier alpha value is 1.92. The van der Waals surface area contributed by atoms with Crippen LogP contribution in [0.3, 0.4) is 0 Å². The average molecular weight is 290 g/mol. The van der Waals surface area contributed by atoms with Gasteiger partial charge in [-0.3, -0.25) is 0 Å². The summed E-state index contributed by atoms with van der Waals surface area (Å²) in [5, 5.41) is 0. The zero-order chi connectivity index (χ0) is 9.40. The molecule has 0 unspecified atom stereocenters. The zero-order valence-corrected chi connectivity index (χ0v) is 15.6. The fourth-order valence-corrected chi connectivity index (χ4v) is 1.36. The molecular formula is C9H18NRbS2. The molecule has 0 rings (SSSR count). The molecule has 0 aliphatic carbocycles. The maximum Gasteiger partial charge on any atom is 1.00 e. The average Bonchev–Trinajstić information content (AvgIpc) is 2.04. The summed E-state index contributed by atoms with van der Waals surface area (Å²) in [7, 11) is 0. The van der Waals surface area contributed by atoms with E-state index in [9.17, 15) is 0 Å². The van der Waals surface area contributed by atoms with E-state index in [1.165, 1.54) is 25.7 Å². The first-order valence-electron chi connectivity index (χ1n) is 4.68. The van der Waals surface area contributed by atoms with Crippen LogP contribution >= 0.6 is 12.2 Å². The first-order chi connectivity index (χ1) is 5.72. The molecule has 0 radical (unpaired) electrons. The number of nitrogens with zero attached hydrogens (tertiary/aromatic N) is 1. The first-order valence-corrected chi connectivity index (χ1v) is 5.50. The summed E-state index contributed by atoms with van der Waals surface area (Å²) in [5.74, 6) is 0. The van der Waals surface area contributed by atoms with E-state index in [1.807, 2.05) is 0 Å². The van der Waals surface area contributed by atoms with Gasteiger partial charge in [-0.2, -0.15) is 0 Å². The van der Waals surface area contributed by atoms with Gasteiger partial charge in [0, 0.05) is 13.1 Å². The van der Waals surface area contributed by atoms with E-state index in [2.05, 4.69) is 18.7 Å². The fraction of sp³-hybridized carbons (Fsp3) is 0.889. The predicted octanol–water partition coefficient (Wildman–Crippen LogP) is -0.276. The number of unbranched alkanes of at least 4 members (excludes halogenated alkanes) is 2. The van der Waals surface area contributed by atoms with Crippen LogP contribution in [0.1, 0.15) is 39.5 Å². The van der Waals surface area contributed by atoms with Gasteiger partial charge in [0.15, 0.2) is 0 Å². The third-order valence-electron chi connectivity index (χ3n) is 1.82. The molecule has 0 aromatic carbocycles. The number of hydrogen-bond acceptors (Lipinski definition) is 2. The summed E-state index contributed by atoms with van der Waals surface area (Å²) < 4.78 is 0.636. The van der Waals surface area contributed by atoms with Crippen molar-refractivity contribution in [3.05, 3.63) is 0 Å². The third-order valence-corrected chi connectivity index (χ3v) is 2.34. The first kappa shape index (κ1) is 17.3. The second-order valence-corrected chi connectivity index (χ2v) is 3.99. The van der Waals surface area contributed by atoms with Crippen molar-refractivity contribution < 1.29 is 58.2 Å². The molecular weight excluding hydrogens is 272 g/mol. The number of thiocarbonyl (C=S) groups is 1. The minimum absolute atomic E-state index is 0. The van der Waals surface area contributed by atoms with Crippen molar-refractivity contribution in [1.29, 1.82) is 0 Å². The van der Waals surface area contributed by atoms with Crippen LogP contribution in [0.4, 0.5) is 0 Å². The molecule has 0 fully saturated rings. The van der Waals surface area contributed by atoms with Gasteiger partial charge in [-0.25, -0.2) is 0 Å². The smallest absolute Gasteiger partial charge is 0.411 e. The maximum absolute atomic E-state index is 4.98. The van der Waals surface area contributed by atoms with E-state index in [0.29, 0.717) is 4.32 Å². The van der Waals surface area contributed by atoms with Crippen LogP contribution in [-0.4, -0.2) is 22.3 Å². The van der Waals surface area contributed by atoms with E-state index in [-0.39, 0.29) is 58.2 Å². The van der Waals surface area contributed by atoms with Gasteiger partial charge in [0.25, 0.3) is 0 Å². The van der Waals surface area contributed by atoms with E-state index in [1.54, 1.807) is 0 Å². The van der Waals surface area contributed by atoms with Crippen LogP contribution < -0.4 is 58.2 Å². The Morgan fingerprint density at radius 2 is 1.54 bits per heavy atom. The summed E-state index contributed by atoms with van der Waals surface area (Å²) in [6.07, 6.45) is 4.81. The van der Waals surface area contributed by atoms with Gasteiger partial charge in [-0.05, 0) is 12.8 Å². The molecule has 4 heteroatoms. The van der Waals surface area contributed by atoms with Crippen LogP contribution in [0, 0.1) is 0 Å². The molecule has 1 nitrogen and oxygen atoms in total. The van der Waals surface area contributed by atoms with Gasteiger partial charge >= 0.3 is 58.2 Å². The largest absolute Gasteiger partial charge is 1.00 e. The van der Waals surface area contributed by atoms with Crippen LogP contribution in [0.15, 0.2) is 0 Å². The Kier molecular flexibility index (Phi) is 16.0. The van der Waals surface area contributed by atoms with Gasteiger partial charge in [0.1, 0.15) is 0 Å². The van der Waals surface area contributed by atoms with Crippen LogP contribution in [-0.2, 0) is 12.6 Å². The zero-order valence-electron chi connectivity index (χ0n) is 9.01. The molecule has 0 aromatic heterocycles. The minimum Gasteiger partial charge on any atom is -0.411 e. The van der Waals surface area contributed by atoms with Crippen molar-refractivity contribution in [2.75, 3.05) is 13.1 Å². The number of rotatable bonds is 6. The van der Waals surface area contributed by atoms with E-state index in [4.69, 9.17) is 24.8 Å². The normalized spacial score (nSPS) is 9.08. The SMILES string of the molecule is CCCCN(CCCC)C(=S)[S-].[Rb+]. The topological polar surface area (TPSA) is 3.24 Å². The molecule has 72 valence electrons. The Bertz CT molecular complexity index is 123. The molecule has 13 heavy (non-hydrogen) atoms. The minimum atomic E-state index is 0. The third kappa shape index (κ3) is 10.2. The predicted molar refractivity (Wildman–Crippen MR) is 61.4 cm³/mol. The molecule has 0 saturated carbocycles. The molecule has 0 spiro atoms. The summed E-state index contributed by atoms with van der Waals surface area (Å²) in [6, 6.07) is 0. The molecule has 0 amide bonds. The van der Waals surface area contributed by atoms with Crippen molar-refractivity contribution in [2.45, 2.75) is 39.5 Å². The molecule has 0 saturated heterocycles. The van der Waals surface area contributed by atoms with E-state index in [0.717, 1.165) is 13.1 Å². The quantitative estimate of drug-likeness (QED) is 0.489. The molecule has 0 aliphatic heterocycles. The van der Waals surface area contributed by atoms with Crippen LogP contribution in [0.2, 0.25) is 0 Å². The summed E-state index contributed by atoms with van der Waals surface area (Å²) in [6.45, 7) is 6.45. The van der Waals surface area contributed by atoms with Gasteiger partial charge in [-0.15, -0.1) is 0 Å². The Balaban J connectivity index is 0. The maximum atomic E-state index is 4.98. The second-order valence-electron chi connectivity index (χ2n) is 2.96. The fourth-order valence-electron chi connectivity index (χ4n) is 0.992. The number of hydrogen-bond donors (Lipinski definition) is 0. The molecule has 0 bridgehead atoms. The molecule has 0 heterocycles. The Morgan fingerprint density at radius 1 is 1.15 bits per heavy atom. The molecule has 0 atom stereocenters. The van der Waals surface area contributed by atoms with Gasteiger partial charge < -0.3 is 29.7 Å². The molecule has 0 aliphatic rings. The summed E-state index contributed by atoms with van der Waals surface area (Å²) in [4.78, 5) is 2.14. The summed E-state index contributed by atoms with van der Waals surface area (Å²) >= 11 is 9.97. The molecule has 0 N–H and O–H groups in total. The van der Waals surface area contributed by atoms with Gasteiger partial charge in [0.05, 0.1) is 0 Å². The van der Waals surface area contributed by atoms with Crippen molar-refractivity contribution in [3.8, 4) is 0 Å². The van der Waals surface area contributed by atoms with Crippen LogP contribution in [0.25, 0.3) is 0 Å². The summed E-state index contributed by atoms with van der Waals surface area (Å²) in [5.41, 5.74) is 0. The van der Waals surface area contributed by atoms with Crippen LogP contribution in [0.5, 0.6) is 0 Å². The molecule has 0 aromatic rings. The van der Waals surface area contributed by atoms with Crippen molar-refractivity contribution >= 4 is 29.2 Å². The van der Waals surface area contributed by atoms with Crippen molar-refractivity contribution in [2.24, 2.45) is 0 Å². The standard InChI is InChI=1S/C9H19NS2.Rb/c1-3-5-7-10(9(11)12)8-6-4-2;/h3-8H2,1-2H3,(H,11,12);/q;+1/p-1. The van der Waals surface area contributed by atoms with Gasteiger partial charge in [-0.1, -0.05) is 31.0 Å². The monoisotopic (exact) mass is 289 g/mol.